The molecular formula is C16H21N3. The van der Waals surface area contributed by atoms with Gasteiger partial charge in [-0.1, -0.05) is 24.3 Å². The largest absolute Gasteiger partial charge is 0.335 e. The average Bonchev–Trinajstić information content (AvgIpc) is 3.16. The van der Waals surface area contributed by atoms with Gasteiger partial charge in [-0.25, -0.2) is 4.98 Å². The average molecular weight is 255 g/mol. The Kier molecular flexibility index (Phi) is 3.65. The summed E-state index contributed by atoms with van der Waals surface area (Å²) in [5.74, 6) is 1.15. The zero-order valence-electron chi connectivity index (χ0n) is 11.5. The van der Waals surface area contributed by atoms with E-state index in [0.717, 1.165) is 31.4 Å². The highest BCUT2D eigenvalue weighted by atomic mass is 15.0. The topological polar surface area (TPSA) is 29.9 Å². The Bertz CT molecular complexity index is 540. The molecule has 1 heterocycles. The Labute approximate surface area is 114 Å². The predicted molar refractivity (Wildman–Crippen MR) is 77.0 cm³/mol. The van der Waals surface area contributed by atoms with Gasteiger partial charge in [0.25, 0.3) is 0 Å². The molecule has 1 saturated carbocycles. The van der Waals surface area contributed by atoms with Crippen molar-refractivity contribution in [3.8, 4) is 0 Å². The fourth-order valence-corrected chi connectivity index (χ4v) is 2.41. The van der Waals surface area contributed by atoms with Crippen LogP contribution in [0.15, 0.2) is 36.7 Å². The van der Waals surface area contributed by atoms with E-state index in [4.69, 9.17) is 0 Å². The zero-order chi connectivity index (χ0) is 13.1. The summed E-state index contributed by atoms with van der Waals surface area (Å²) in [5, 5.41) is 3.59. The van der Waals surface area contributed by atoms with Gasteiger partial charge in [-0.05, 0) is 30.9 Å². The van der Waals surface area contributed by atoms with Crippen LogP contribution in [-0.4, -0.2) is 15.6 Å². The van der Waals surface area contributed by atoms with E-state index < -0.39 is 0 Å². The molecule has 0 amide bonds. The van der Waals surface area contributed by atoms with Gasteiger partial charge in [-0.15, -0.1) is 0 Å². The summed E-state index contributed by atoms with van der Waals surface area (Å²) in [4.78, 5) is 4.47. The first-order valence-corrected chi connectivity index (χ1v) is 7.17. The van der Waals surface area contributed by atoms with E-state index in [1.54, 1.807) is 0 Å². The smallest absolute Gasteiger partial charge is 0.113 e. The maximum atomic E-state index is 4.47. The third kappa shape index (κ3) is 3.04. The summed E-state index contributed by atoms with van der Waals surface area (Å²) in [5.41, 5.74) is 2.79. The number of nitrogens with zero attached hydrogens (tertiary/aromatic N) is 2. The Morgan fingerprint density at radius 3 is 2.79 bits per heavy atom. The second-order valence-corrected chi connectivity index (χ2v) is 5.23. The van der Waals surface area contributed by atoms with E-state index in [-0.39, 0.29) is 0 Å². The van der Waals surface area contributed by atoms with Crippen molar-refractivity contribution >= 4 is 0 Å². The minimum atomic E-state index is 0.755. The summed E-state index contributed by atoms with van der Waals surface area (Å²) in [6.07, 6.45) is 7.54. The molecule has 0 unspecified atom stereocenters. The van der Waals surface area contributed by atoms with Crippen molar-refractivity contribution < 1.29 is 0 Å². The third-order valence-electron chi connectivity index (χ3n) is 3.77. The van der Waals surface area contributed by atoms with Crippen molar-refractivity contribution in [2.24, 2.45) is 0 Å². The van der Waals surface area contributed by atoms with Crippen molar-refractivity contribution in [3.05, 3.63) is 53.6 Å². The number of aryl methyl sites for hydroxylation is 1. The molecule has 1 aliphatic carbocycles. The number of nitrogens with one attached hydrogen (secondary N) is 1. The number of hydrogen-bond donors (Lipinski definition) is 1. The molecule has 0 atom stereocenters. The molecule has 3 nitrogen and oxygen atoms in total. The minimum Gasteiger partial charge on any atom is -0.335 e. The first kappa shape index (κ1) is 12.4. The highest BCUT2D eigenvalue weighted by Crippen LogP contribution is 2.20. The van der Waals surface area contributed by atoms with Gasteiger partial charge >= 0.3 is 0 Å². The van der Waals surface area contributed by atoms with Gasteiger partial charge in [0.05, 0.1) is 0 Å². The van der Waals surface area contributed by atoms with Crippen LogP contribution in [0, 0.1) is 0 Å². The van der Waals surface area contributed by atoms with Crippen molar-refractivity contribution in [1.82, 2.24) is 14.9 Å². The molecule has 0 radical (unpaired) electrons. The first-order chi connectivity index (χ1) is 9.36. The van der Waals surface area contributed by atoms with Crippen LogP contribution in [-0.2, 0) is 19.5 Å². The third-order valence-corrected chi connectivity index (χ3v) is 3.77. The van der Waals surface area contributed by atoms with Crippen LogP contribution in [0.4, 0.5) is 0 Å². The molecule has 19 heavy (non-hydrogen) atoms. The first-order valence-electron chi connectivity index (χ1n) is 7.17. The van der Waals surface area contributed by atoms with Crippen LogP contribution in [0.25, 0.3) is 0 Å². The number of benzene rings is 1. The van der Waals surface area contributed by atoms with Gasteiger partial charge in [0.1, 0.15) is 5.82 Å². The molecule has 0 aliphatic heterocycles. The second kappa shape index (κ2) is 5.57. The molecule has 100 valence electrons. The van der Waals surface area contributed by atoms with E-state index >= 15 is 0 Å². The number of imidazole rings is 1. The molecular weight excluding hydrogens is 234 g/mol. The maximum Gasteiger partial charge on any atom is 0.113 e. The fraction of sp³-hybridized carbons (Fsp3) is 0.438. The molecule has 1 aromatic heterocycles. The summed E-state index contributed by atoms with van der Waals surface area (Å²) < 4.78 is 2.21. The van der Waals surface area contributed by atoms with Crippen molar-refractivity contribution in [3.63, 3.8) is 0 Å². The van der Waals surface area contributed by atoms with Crippen LogP contribution in [0.1, 0.15) is 36.7 Å². The molecule has 0 bridgehead atoms. The van der Waals surface area contributed by atoms with Gasteiger partial charge in [-0.3, -0.25) is 0 Å². The Hall–Kier alpha value is -1.61. The van der Waals surface area contributed by atoms with E-state index in [1.165, 1.54) is 24.0 Å². The van der Waals surface area contributed by atoms with E-state index in [9.17, 15) is 0 Å². The van der Waals surface area contributed by atoms with Crippen molar-refractivity contribution in [2.45, 2.75) is 45.3 Å². The van der Waals surface area contributed by atoms with E-state index in [0.29, 0.717) is 0 Å². The molecule has 1 aliphatic rings. The molecule has 0 spiro atoms. The molecule has 1 N–H and O–H groups in total. The summed E-state index contributed by atoms with van der Waals surface area (Å²) in [7, 11) is 0. The van der Waals surface area contributed by atoms with Crippen molar-refractivity contribution in [2.75, 3.05) is 0 Å². The zero-order valence-corrected chi connectivity index (χ0v) is 11.5. The SMILES string of the molecule is CCn1ccnc1Cc1ccccc1CNC1CC1. The van der Waals surface area contributed by atoms with Gasteiger partial charge in [0.2, 0.25) is 0 Å². The normalized spacial score (nSPS) is 14.8. The predicted octanol–water partition coefficient (Wildman–Crippen LogP) is 2.75. The van der Waals surface area contributed by atoms with Gasteiger partial charge in [-0.2, -0.15) is 0 Å². The number of rotatable bonds is 6. The van der Waals surface area contributed by atoms with Gasteiger partial charge in [0, 0.05) is 37.9 Å². The summed E-state index contributed by atoms with van der Waals surface area (Å²) in [6, 6.07) is 9.45. The molecule has 3 heteroatoms. The lowest BCUT2D eigenvalue weighted by Crippen LogP contribution is -2.16. The summed E-state index contributed by atoms with van der Waals surface area (Å²) in [6.45, 7) is 4.12. The highest BCUT2D eigenvalue weighted by molar-refractivity contribution is 5.30. The number of aromatic nitrogens is 2. The van der Waals surface area contributed by atoms with Crippen LogP contribution >= 0.6 is 0 Å². The van der Waals surface area contributed by atoms with E-state index in [1.807, 2.05) is 6.20 Å². The summed E-state index contributed by atoms with van der Waals surface area (Å²) >= 11 is 0. The lowest BCUT2D eigenvalue weighted by molar-refractivity contribution is 0.677. The quantitative estimate of drug-likeness (QED) is 0.860. The Balaban J connectivity index is 1.75. The van der Waals surface area contributed by atoms with Crippen LogP contribution in [0.5, 0.6) is 0 Å². The maximum absolute atomic E-state index is 4.47. The van der Waals surface area contributed by atoms with Crippen LogP contribution in [0.2, 0.25) is 0 Å². The molecule has 1 aromatic carbocycles. The van der Waals surface area contributed by atoms with Gasteiger partial charge in [0.15, 0.2) is 0 Å². The standard InChI is InChI=1S/C16H21N3/c1-2-19-10-9-17-16(19)11-13-5-3-4-6-14(13)12-18-15-7-8-15/h3-6,9-10,15,18H,2,7-8,11-12H2,1H3. The molecule has 2 aromatic rings. The Morgan fingerprint density at radius 2 is 2.05 bits per heavy atom. The lowest BCUT2D eigenvalue weighted by Gasteiger charge is -2.11. The molecule has 0 saturated heterocycles. The molecule has 3 rings (SSSR count). The van der Waals surface area contributed by atoms with E-state index in [2.05, 4.69) is 52.3 Å². The number of hydrogen-bond acceptors (Lipinski definition) is 2. The van der Waals surface area contributed by atoms with Crippen LogP contribution in [0.3, 0.4) is 0 Å². The lowest BCUT2D eigenvalue weighted by atomic mass is 10.0. The van der Waals surface area contributed by atoms with Gasteiger partial charge < -0.3 is 9.88 Å². The minimum absolute atomic E-state index is 0.755. The van der Waals surface area contributed by atoms with Crippen molar-refractivity contribution in [1.29, 1.82) is 0 Å². The fourth-order valence-electron chi connectivity index (χ4n) is 2.41. The van der Waals surface area contributed by atoms with Crippen LogP contribution < -0.4 is 5.32 Å². The second-order valence-electron chi connectivity index (χ2n) is 5.23. The Morgan fingerprint density at radius 1 is 1.26 bits per heavy atom. The monoisotopic (exact) mass is 255 g/mol. The molecule has 1 fully saturated rings. The highest BCUT2D eigenvalue weighted by Gasteiger charge is 2.20.